The molecule has 0 spiro atoms. The van der Waals surface area contributed by atoms with E-state index in [1.165, 1.54) is 0 Å². The molecule has 0 radical (unpaired) electrons. The Morgan fingerprint density at radius 3 is 2.71 bits per heavy atom. The van der Waals surface area contributed by atoms with E-state index < -0.39 is 12.0 Å². The van der Waals surface area contributed by atoms with Gasteiger partial charge in [-0.3, -0.25) is 0 Å². The fourth-order valence-corrected chi connectivity index (χ4v) is 2.19. The summed E-state index contributed by atoms with van der Waals surface area (Å²) in [5.41, 5.74) is -0.556. The zero-order valence-electron chi connectivity index (χ0n) is 13.2. The Kier molecular flexibility index (Phi) is 6.80. The third-order valence-corrected chi connectivity index (χ3v) is 3.10. The summed E-state index contributed by atoms with van der Waals surface area (Å²) in [6.07, 6.45) is -2.21. The van der Waals surface area contributed by atoms with Crippen molar-refractivity contribution in [1.29, 1.82) is 0 Å². The topological polar surface area (TPSA) is 50.8 Å². The average molecular weight is 308 g/mol. The van der Waals surface area contributed by atoms with E-state index in [-0.39, 0.29) is 24.7 Å². The molecule has 7 heteroatoms. The number of hydrogen-bond donors (Lipinski definition) is 1. The smallest absolute Gasteiger partial charge is 0.410 e. The van der Waals surface area contributed by atoms with Crippen LogP contribution in [0.1, 0.15) is 34.1 Å². The number of morpholine rings is 1. The highest BCUT2D eigenvalue weighted by atomic mass is 19.3. The number of carbonyl (C=O) groups is 1. The van der Waals surface area contributed by atoms with Gasteiger partial charge < -0.3 is 19.7 Å². The second-order valence-corrected chi connectivity index (χ2v) is 6.34. The Hall–Kier alpha value is -0.950. The molecule has 1 N–H and O–H groups in total. The second-order valence-electron chi connectivity index (χ2n) is 6.34. The molecule has 2 atom stereocenters. The molecule has 1 aliphatic heterocycles. The highest BCUT2D eigenvalue weighted by Crippen LogP contribution is 2.17. The molecule has 1 heterocycles. The van der Waals surface area contributed by atoms with Crippen LogP contribution in [0.2, 0.25) is 0 Å². The molecule has 124 valence electrons. The van der Waals surface area contributed by atoms with Crippen molar-refractivity contribution in [3.63, 3.8) is 0 Å². The predicted molar refractivity (Wildman–Crippen MR) is 75.6 cm³/mol. The lowest BCUT2D eigenvalue weighted by molar-refractivity contribution is -0.0358. The van der Waals surface area contributed by atoms with Gasteiger partial charge in [0.2, 0.25) is 0 Å². The van der Waals surface area contributed by atoms with Crippen LogP contribution in [0.4, 0.5) is 13.6 Å². The van der Waals surface area contributed by atoms with Crippen molar-refractivity contribution >= 4 is 6.09 Å². The lowest BCUT2D eigenvalue weighted by Gasteiger charge is -2.37. The van der Waals surface area contributed by atoms with E-state index in [9.17, 15) is 13.6 Å². The predicted octanol–water partition coefficient (Wildman–Crippen LogP) is 2.26. The summed E-state index contributed by atoms with van der Waals surface area (Å²) in [5, 5.41) is 2.75. The number of amides is 1. The molecular formula is C14H26F2N2O3. The Morgan fingerprint density at radius 1 is 1.48 bits per heavy atom. The van der Waals surface area contributed by atoms with Crippen molar-refractivity contribution in [2.75, 3.05) is 26.3 Å². The molecule has 2 unspecified atom stereocenters. The van der Waals surface area contributed by atoms with E-state index in [0.29, 0.717) is 26.2 Å². The Morgan fingerprint density at radius 2 is 2.14 bits per heavy atom. The molecule has 1 saturated heterocycles. The van der Waals surface area contributed by atoms with Gasteiger partial charge in [-0.15, -0.1) is 0 Å². The molecule has 1 fully saturated rings. The summed E-state index contributed by atoms with van der Waals surface area (Å²) in [5.74, 6) is 0. The minimum Gasteiger partial charge on any atom is -0.444 e. The normalized spacial score (nSPS) is 21.5. The number of nitrogens with zero attached hydrogens (tertiary/aromatic N) is 1. The third kappa shape index (κ3) is 7.04. The zero-order valence-corrected chi connectivity index (χ0v) is 13.2. The molecule has 0 saturated carbocycles. The highest BCUT2D eigenvalue weighted by Gasteiger charge is 2.31. The maximum absolute atomic E-state index is 12.2. The van der Waals surface area contributed by atoms with Crippen LogP contribution in [0, 0.1) is 0 Å². The van der Waals surface area contributed by atoms with Gasteiger partial charge in [0.05, 0.1) is 25.8 Å². The van der Waals surface area contributed by atoms with Crippen LogP contribution in [0.15, 0.2) is 0 Å². The number of halogens is 2. The van der Waals surface area contributed by atoms with Crippen LogP contribution in [-0.4, -0.2) is 61.4 Å². The minimum atomic E-state index is -2.38. The first kappa shape index (κ1) is 18.1. The Bertz CT molecular complexity index is 335. The fraction of sp³-hybridized carbons (Fsp3) is 0.929. The third-order valence-electron chi connectivity index (χ3n) is 3.10. The van der Waals surface area contributed by atoms with Crippen molar-refractivity contribution < 1.29 is 23.0 Å². The van der Waals surface area contributed by atoms with Gasteiger partial charge in [-0.05, 0) is 34.1 Å². The van der Waals surface area contributed by atoms with Crippen LogP contribution in [0.5, 0.6) is 0 Å². The van der Waals surface area contributed by atoms with Gasteiger partial charge in [-0.1, -0.05) is 0 Å². The van der Waals surface area contributed by atoms with Crippen LogP contribution in [-0.2, 0) is 9.47 Å². The summed E-state index contributed by atoms with van der Waals surface area (Å²) >= 11 is 0. The average Bonchev–Trinajstić information content (AvgIpc) is 2.35. The lowest BCUT2D eigenvalue weighted by Crippen LogP contribution is -2.52. The number of hydrogen-bond acceptors (Lipinski definition) is 4. The summed E-state index contributed by atoms with van der Waals surface area (Å²) in [7, 11) is 0. The maximum Gasteiger partial charge on any atom is 0.410 e. The van der Waals surface area contributed by atoms with Gasteiger partial charge in [-0.2, -0.15) is 0 Å². The molecule has 21 heavy (non-hydrogen) atoms. The van der Waals surface area contributed by atoms with E-state index in [1.807, 2.05) is 27.7 Å². The molecule has 1 amide bonds. The first-order valence-corrected chi connectivity index (χ1v) is 7.28. The van der Waals surface area contributed by atoms with E-state index >= 15 is 0 Å². The van der Waals surface area contributed by atoms with Crippen molar-refractivity contribution in [3.05, 3.63) is 0 Å². The number of ether oxygens (including phenoxy) is 2. The van der Waals surface area contributed by atoms with Gasteiger partial charge in [0, 0.05) is 12.6 Å². The molecule has 1 rings (SSSR count). The molecular weight excluding hydrogens is 282 g/mol. The highest BCUT2D eigenvalue weighted by molar-refractivity contribution is 5.68. The zero-order chi connectivity index (χ0) is 16.0. The summed E-state index contributed by atoms with van der Waals surface area (Å²) in [6.45, 7) is 8.24. The monoisotopic (exact) mass is 308 g/mol. The number of nitrogens with one attached hydrogen (secondary N) is 1. The van der Waals surface area contributed by atoms with Gasteiger partial charge >= 0.3 is 6.09 Å². The quantitative estimate of drug-likeness (QED) is 0.846. The molecule has 0 aromatic carbocycles. The van der Waals surface area contributed by atoms with Crippen molar-refractivity contribution in [2.45, 2.75) is 58.2 Å². The second kappa shape index (κ2) is 7.89. The van der Waals surface area contributed by atoms with Crippen LogP contribution < -0.4 is 5.32 Å². The molecule has 5 nitrogen and oxygen atoms in total. The van der Waals surface area contributed by atoms with Gasteiger partial charge in [0.1, 0.15) is 5.60 Å². The SMILES string of the molecule is CC(CC1COCCN1C(=O)OC(C)(C)C)NCC(F)F. The largest absolute Gasteiger partial charge is 0.444 e. The summed E-state index contributed by atoms with van der Waals surface area (Å²) in [4.78, 5) is 13.8. The number of alkyl halides is 2. The molecule has 0 aromatic heterocycles. The van der Waals surface area contributed by atoms with Crippen molar-refractivity contribution in [1.82, 2.24) is 10.2 Å². The van der Waals surface area contributed by atoms with E-state index in [0.717, 1.165) is 0 Å². The van der Waals surface area contributed by atoms with Crippen LogP contribution in [0.3, 0.4) is 0 Å². The van der Waals surface area contributed by atoms with E-state index in [1.54, 1.807) is 4.90 Å². The first-order chi connectivity index (χ1) is 9.69. The molecule has 1 aliphatic rings. The van der Waals surface area contributed by atoms with E-state index in [4.69, 9.17) is 9.47 Å². The Labute approximate surface area is 125 Å². The van der Waals surface area contributed by atoms with Crippen LogP contribution in [0.25, 0.3) is 0 Å². The maximum atomic E-state index is 12.2. The lowest BCUT2D eigenvalue weighted by atomic mass is 10.1. The van der Waals surface area contributed by atoms with Gasteiger partial charge in [0.25, 0.3) is 6.43 Å². The van der Waals surface area contributed by atoms with Crippen LogP contribution >= 0.6 is 0 Å². The first-order valence-electron chi connectivity index (χ1n) is 7.28. The molecule has 0 bridgehead atoms. The standard InChI is InChI=1S/C14H26F2N2O3/c1-10(17-8-12(15)16)7-11-9-20-6-5-18(11)13(19)21-14(2,3)4/h10-12,17H,5-9H2,1-4H3. The molecule has 0 aliphatic carbocycles. The number of carbonyl (C=O) groups excluding carboxylic acids is 1. The van der Waals surface area contributed by atoms with Gasteiger partial charge in [-0.25, -0.2) is 13.6 Å². The van der Waals surface area contributed by atoms with E-state index in [2.05, 4.69) is 5.32 Å². The summed E-state index contributed by atoms with van der Waals surface area (Å²) < 4.78 is 35.2. The summed E-state index contributed by atoms with van der Waals surface area (Å²) in [6, 6.07) is -0.288. The molecule has 0 aromatic rings. The fourth-order valence-electron chi connectivity index (χ4n) is 2.19. The van der Waals surface area contributed by atoms with Gasteiger partial charge in [0.15, 0.2) is 0 Å². The Balaban J connectivity index is 2.54. The van der Waals surface area contributed by atoms with Crippen molar-refractivity contribution in [3.8, 4) is 0 Å². The van der Waals surface area contributed by atoms with Crippen molar-refractivity contribution in [2.24, 2.45) is 0 Å². The minimum absolute atomic E-state index is 0.129. The number of rotatable bonds is 5.